The number of carbonyl (C=O) groups is 1. The number of rotatable bonds is 3. The third kappa shape index (κ3) is 2.68. The van der Waals surface area contributed by atoms with Gasteiger partial charge in [-0.1, -0.05) is 18.2 Å². The Morgan fingerprint density at radius 2 is 1.56 bits per heavy atom. The summed E-state index contributed by atoms with van der Waals surface area (Å²) in [6.45, 7) is 5.46. The lowest BCUT2D eigenvalue weighted by molar-refractivity contribution is 0.101. The van der Waals surface area contributed by atoms with Gasteiger partial charge in [-0.05, 0) is 57.2 Å². The van der Waals surface area contributed by atoms with Crippen molar-refractivity contribution < 1.29 is 4.79 Å². The highest BCUT2D eigenvalue weighted by Crippen LogP contribution is 2.26. The first-order chi connectivity index (χ1) is 13.0. The molecule has 2 heterocycles. The van der Waals surface area contributed by atoms with Gasteiger partial charge in [-0.15, -0.1) is 0 Å². The molecule has 0 spiro atoms. The highest BCUT2D eigenvalue weighted by molar-refractivity contribution is 5.94. The molecule has 2 aromatic carbocycles. The zero-order chi connectivity index (χ0) is 19.1. The van der Waals surface area contributed by atoms with Crippen molar-refractivity contribution in [2.24, 2.45) is 0 Å². The fourth-order valence-electron chi connectivity index (χ4n) is 3.55. The van der Waals surface area contributed by atoms with Crippen LogP contribution in [-0.2, 0) is 0 Å². The maximum atomic E-state index is 13.1. The van der Waals surface area contributed by atoms with Crippen LogP contribution in [0.2, 0.25) is 0 Å². The van der Waals surface area contributed by atoms with Crippen molar-refractivity contribution in [3.05, 3.63) is 88.1 Å². The topological polar surface area (TPSA) is 56.9 Å². The highest BCUT2D eigenvalue weighted by Gasteiger charge is 2.17. The molecule has 0 aliphatic carbocycles. The number of fused-ring (bicyclic) bond motifs is 1. The molecule has 0 saturated carbocycles. The summed E-state index contributed by atoms with van der Waals surface area (Å²) in [4.78, 5) is 24.7. The van der Waals surface area contributed by atoms with E-state index in [4.69, 9.17) is 0 Å². The van der Waals surface area contributed by atoms with Crippen LogP contribution in [0.15, 0.2) is 65.6 Å². The summed E-state index contributed by atoms with van der Waals surface area (Å²) >= 11 is 0. The summed E-state index contributed by atoms with van der Waals surface area (Å²) in [6, 6.07) is 16.8. The molecule has 0 aliphatic rings. The zero-order valence-corrected chi connectivity index (χ0v) is 15.4. The lowest BCUT2D eigenvalue weighted by atomic mass is 10.1. The van der Waals surface area contributed by atoms with Gasteiger partial charge in [-0.25, -0.2) is 0 Å². The van der Waals surface area contributed by atoms with Crippen LogP contribution in [0.4, 0.5) is 0 Å². The number of ketones is 1. The Balaban J connectivity index is 1.95. The third-order valence-corrected chi connectivity index (χ3v) is 4.93. The molecule has 0 N–H and O–H groups in total. The first-order valence-corrected chi connectivity index (χ1v) is 8.76. The summed E-state index contributed by atoms with van der Waals surface area (Å²) in [5.74, 6) is 0.0302. The van der Waals surface area contributed by atoms with E-state index in [0.717, 1.165) is 28.1 Å². The average molecular weight is 357 g/mol. The maximum Gasteiger partial charge on any atom is 0.281 e. The second kappa shape index (κ2) is 6.36. The normalized spacial score (nSPS) is 11.1. The van der Waals surface area contributed by atoms with E-state index in [1.165, 1.54) is 4.68 Å². The van der Waals surface area contributed by atoms with E-state index in [1.807, 2.05) is 73.0 Å². The molecule has 0 radical (unpaired) electrons. The van der Waals surface area contributed by atoms with Crippen molar-refractivity contribution in [2.45, 2.75) is 20.8 Å². The molecular weight excluding hydrogens is 338 g/mol. The predicted molar refractivity (Wildman–Crippen MR) is 106 cm³/mol. The SMILES string of the molecule is CC(=O)c1ccc(-n2c(C)c3cnn(-c4ccccc4)c(=O)c3c2C)cc1. The molecule has 0 aliphatic heterocycles. The quantitative estimate of drug-likeness (QED) is 0.521. The van der Waals surface area contributed by atoms with Crippen LogP contribution >= 0.6 is 0 Å². The molecule has 2 aromatic heterocycles. The van der Waals surface area contributed by atoms with Gasteiger partial charge >= 0.3 is 0 Å². The summed E-state index contributed by atoms with van der Waals surface area (Å²) in [5.41, 5.74) is 3.98. The lowest BCUT2D eigenvalue weighted by Gasteiger charge is -2.09. The van der Waals surface area contributed by atoms with Crippen LogP contribution in [-0.4, -0.2) is 20.1 Å². The van der Waals surface area contributed by atoms with Gasteiger partial charge in [-0.2, -0.15) is 9.78 Å². The minimum atomic E-state index is -0.140. The zero-order valence-electron chi connectivity index (χ0n) is 15.4. The van der Waals surface area contributed by atoms with Gasteiger partial charge in [0.2, 0.25) is 0 Å². The fraction of sp³-hybridized carbons (Fsp3) is 0.136. The molecule has 0 fully saturated rings. The van der Waals surface area contributed by atoms with Gasteiger partial charge in [-0.3, -0.25) is 9.59 Å². The number of hydrogen-bond acceptors (Lipinski definition) is 3. The molecule has 134 valence electrons. The predicted octanol–water partition coefficient (Wildman–Crippen LogP) is 4.00. The van der Waals surface area contributed by atoms with Crippen LogP contribution in [0.1, 0.15) is 28.7 Å². The number of benzene rings is 2. The average Bonchev–Trinajstić information content (AvgIpc) is 2.94. The standard InChI is InChI=1S/C22H19N3O2/c1-14-20-13-23-25(19-7-5-4-6-8-19)22(27)21(20)15(2)24(14)18-11-9-17(10-12-18)16(3)26/h4-13H,1-3H3. The van der Waals surface area contributed by atoms with Crippen LogP contribution in [0.5, 0.6) is 0 Å². The molecule has 0 amide bonds. The van der Waals surface area contributed by atoms with Gasteiger partial charge in [0, 0.05) is 28.0 Å². The molecule has 4 rings (SSSR count). The van der Waals surface area contributed by atoms with Crippen LogP contribution in [0.3, 0.4) is 0 Å². The van der Waals surface area contributed by atoms with E-state index in [0.29, 0.717) is 10.9 Å². The Bertz CT molecular complexity index is 1220. The number of carbonyl (C=O) groups excluding carboxylic acids is 1. The first kappa shape index (κ1) is 17.0. The van der Waals surface area contributed by atoms with E-state index in [-0.39, 0.29) is 11.3 Å². The minimum Gasteiger partial charge on any atom is -0.317 e. The Morgan fingerprint density at radius 3 is 2.19 bits per heavy atom. The van der Waals surface area contributed by atoms with Gasteiger partial charge < -0.3 is 4.57 Å². The minimum absolute atomic E-state index is 0.0302. The molecule has 27 heavy (non-hydrogen) atoms. The van der Waals surface area contributed by atoms with Gasteiger partial charge in [0.05, 0.1) is 17.3 Å². The van der Waals surface area contributed by atoms with E-state index in [1.54, 1.807) is 13.1 Å². The van der Waals surface area contributed by atoms with E-state index < -0.39 is 0 Å². The summed E-state index contributed by atoms with van der Waals surface area (Å²) < 4.78 is 3.46. The second-order valence-corrected chi connectivity index (χ2v) is 6.60. The Kier molecular flexibility index (Phi) is 4.00. The van der Waals surface area contributed by atoms with Gasteiger partial charge in [0.1, 0.15) is 0 Å². The van der Waals surface area contributed by atoms with Gasteiger partial charge in [0.15, 0.2) is 5.78 Å². The van der Waals surface area contributed by atoms with Crippen molar-refractivity contribution in [2.75, 3.05) is 0 Å². The third-order valence-electron chi connectivity index (χ3n) is 4.93. The maximum absolute atomic E-state index is 13.1. The van der Waals surface area contributed by atoms with E-state index in [9.17, 15) is 9.59 Å². The summed E-state index contributed by atoms with van der Waals surface area (Å²) in [6.07, 6.45) is 1.74. The Labute approximate surface area is 156 Å². The van der Waals surface area contributed by atoms with Crippen molar-refractivity contribution in [1.29, 1.82) is 0 Å². The lowest BCUT2D eigenvalue weighted by Crippen LogP contribution is -2.21. The molecule has 0 atom stereocenters. The summed E-state index contributed by atoms with van der Waals surface area (Å²) in [5, 5.41) is 5.86. The van der Waals surface area contributed by atoms with Crippen LogP contribution < -0.4 is 5.56 Å². The smallest absolute Gasteiger partial charge is 0.281 e. The monoisotopic (exact) mass is 357 g/mol. The van der Waals surface area contributed by atoms with Crippen molar-refractivity contribution in [3.63, 3.8) is 0 Å². The number of para-hydroxylation sites is 1. The molecule has 4 aromatic rings. The van der Waals surface area contributed by atoms with Crippen molar-refractivity contribution in [1.82, 2.24) is 14.3 Å². The number of aryl methyl sites for hydroxylation is 2. The second-order valence-electron chi connectivity index (χ2n) is 6.60. The van der Waals surface area contributed by atoms with Crippen molar-refractivity contribution >= 4 is 16.6 Å². The molecular formula is C22H19N3O2. The molecule has 0 unspecified atom stereocenters. The van der Waals surface area contributed by atoms with E-state index >= 15 is 0 Å². The number of nitrogens with zero attached hydrogens (tertiary/aromatic N) is 3. The summed E-state index contributed by atoms with van der Waals surface area (Å²) in [7, 11) is 0. The highest BCUT2D eigenvalue weighted by atomic mass is 16.1. The molecule has 5 nitrogen and oxygen atoms in total. The molecule has 5 heteroatoms. The number of hydrogen-bond donors (Lipinski definition) is 0. The molecule has 0 saturated heterocycles. The number of aromatic nitrogens is 3. The van der Waals surface area contributed by atoms with Crippen LogP contribution in [0.25, 0.3) is 22.1 Å². The first-order valence-electron chi connectivity index (χ1n) is 8.76. The van der Waals surface area contributed by atoms with Crippen LogP contribution in [0, 0.1) is 13.8 Å². The number of Topliss-reactive ketones (excluding diaryl/α,β-unsaturated/α-hetero) is 1. The van der Waals surface area contributed by atoms with E-state index in [2.05, 4.69) is 5.10 Å². The van der Waals surface area contributed by atoms with Gasteiger partial charge in [0.25, 0.3) is 5.56 Å². The molecule has 0 bridgehead atoms. The largest absolute Gasteiger partial charge is 0.317 e. The Hall–Kier alpha value is -3.47. The van der Waals surface area contributed by atoms with Crippen molar-refractivity contribution in [3.8, 4) is 11.4 Å². The Morgan fingerprint density at radius 1 is 0.889 bits per heavy atom. The fourth-order valence-corrected chi connectivity index (χ4v) is 3.55.